The van der Waals surface area contributed by atoms with Gasteiger partial charge < -0.3 is 23.7 Å². The Morgan fingerprint density at radius 3 is 1.36 bits per heavy atom. The van der Waals surface area contributed by atoms with Crippen LogP contribution in [0.3, 0.4) is 0 Å². The SMILES string of the molecule is O=CCCC1CN(CC(=O)OCc2ccccc2)CCN(CC(=O)OCc2ccccc2)C1N(CC(=O)OCc1ccccc1)CC(=O)OCc1ccccc1. The molecular weight excluding hydrogens is 714 g/mol. The number of hydrogen-bond acceptors (Lipinski definition) is 12. The summed E-state index contributed by atoms with van der Waals surface area (Å²) in [7, 11) is 0. The Bertz CT molecular complexity index is 1760. The smallest absolute Gasteiger partial charge is 0.320 e. The summed E-state index contributed by atoms with van der Waals surface area (Å²) >= 11 is 0. The lowest BCUT2D eigenvalue weighted by molar-refractivity contribution is -0.156. The number of esters is 4. The number of nitrogens with zero attached hydrogens (tertiary/aromatic N) is 3. The van der Waals surface area contributed by atoms with Crippen LogP contribution in [0.2, 0.25) is 0 Å². The first-order valence-electron chi connectivity index (χ1n) is 18.8. The number of benzene rings is 4. The van der Waals surface area contributed by atoms with Crippen LogP contribution in [-0.2, 0) is 69.3 Å². The highest BCUT2D eigenvalue weighted by Gasteiger charge is 2.39. The van der Waals surface area contributed by atoms with Gasteiger partial charge in [0, 0.05) is 32.0 Å². The van der Waals surface area contributed by atoms with E-state index in [1.54, 1.807) is 4.90 Å². The summed E-state index contributed by atoms with van der Waals surface area (Å²) in [6.07, 6.45) is 0.585. The molecule has 12 nitrogen and oxygen atoms in total. The van der Waals surface area contributed by atoms with Crippen LogP contribution >= 0.6 is 0 Å². The molecule has 12 heteroatoms. The highest BCUT2D eigenvalue weighted by molar-refractivity contribution is 5.75. The lowest BCUT2D eigenvalue weighted by Gasteiger charge is -2.41. The highest BCUT2D eigenvalue weighted by Crippen LogP contribution is 2.26. The minimum Gasteiger partial charge on any atom is -0.460 e. The van der Waals surface area contributed by atoms with Crippen LogP contribution in [0.15, 0.2) is 121 Å². The number of carbonyl (C=O) groups excluding carboxylic acids is 5. The summed E-state index contributed by atoms with van der Waals surface area (Å²) in [5.41, 5.74) is 3.27. The lowest BCUT2D eigenvalue weighted by Crippen LogP contribution is -2.57. The summed E-state index contributed by atoms with van der Waals surface area (Å²) in [5.74, 6) is -2.54. The summed E-state index contributed by atoms with van der Waals surface area (Å²) in [6, 6.07) is 37.2. The summed E-state index contributed by atoms with van der Waals surface area (Å²) in [6.45, 7) is 0.310. The monoisotopic (exact) mass is 763 g/mol. The van der Waals surface area contributed by atoms with Crippen LogP contribution in [0.1, 0.15) is 35.1 Å². The third-order valence-corrected chi connectivity index (χ3v) is 9.34. The van der Waals surface area contributed by atoms with E-state index >= 15 is 0 Å². The molecule has 0 aromatic heterocycles. The predicted octanol–water partition coefficient (Wildman–Crippen LogP) is 4.80. The topological polar surface area (TPSA) is 132 Å². The van der Waals surface area contributed by atoms with Gasteiger partial charge in [-0.1, -0.05) is 121 Å². The maximum absolute atomic E-state index is 13.6. The summed E-state index contributed by atoms with van der Waals surface area (Å²) < 4.78 is 22.7. The maximum Gasteiger partial charge on any atom is 0.320 e. The summed E-state index contributed by atoms with van der Waals surface area (Å²) in [5, 5.41) is 0. The maximum atomic E-state index is 13.6. The van der Waals surface area contributed by atoms with E-state index in [-0.39, 0.29) is 65.6 Å². The second-order valence-corrected chi connectivity index (χ2v) is 13.6. The lowest BCUT2D eigenvalue weighted by atomic mass is 9.97. The number of hydrogen-bond donors (Lipinski definition) is 0. The molecule has 0 amide bonds. The molecule has 0 spiro atoms. The van der Waals surface area contributed by atoms with Crippen molar-refractivity contribution in [3.63, 3.8) is 0 Å². The van der Waals surface area contributed by atoms with Gasteiger partial charge in [0.15, 0.2) is 0 Å². The molecular formula is C44H49N3O9. The van der Waals surface area contributed by atoms with Crippen LogP contribution in [0.25, 0.3) is 0 Å². The van der Waals surface area contributed by atoms with Crippen molar-refractivity contribution in [3.05, 3.63) is 144 Å². The zero-order chi connectivity index (χ0) is 39.4. The molecule has 2 unspecified atom stereocenters. The van der Waals surface area contributed by atoms with Gasteiger partial charge in [-0.15, -0.1) is 0 Å². The van der Waals surface area contributed by atoms with Crippen molar-refractivity contribution in [2.24, 2.45) is 5.92 Å². The Hall–Kier alpha value is -5.69. The molecule has 4 aromatic rings. The Morgan fingerprint density at radius 2 is 0.946 bits per heavy atom. The van der Waals surface area contributed by atoms with E-state index in [0.717, 1.165) is 28.5 Å². The van der Waals surface area contributed by atoms with Gasteiger partial charge in [-0.3, -0.25) is 33.9 Å². The fraction of sp³-hybridized carbons (Fsp3) is 0.341. The highest BCUT2D eigenvalue weighted by atomic mass is 16.5. The quantitative estimate of drug-likeness (QED) is 0.0696. The Balaban J connectivity index is 1.40. The largest absolute Gasteiger partial charge is 0.460 e. The second kappa shape index (κ2) is 22.6. The van der Waals surface area contributed by atoms with Crippen LogP contribution < -0.4 is 0 Å². The van der Waals surface area contributed by atoms with Gasteiger partial charge >= 0.3 is 23.9 Å². The molecule has 2 atom stereocenters. The second-order valence-electron chi connectivity index (χ2n) is 13.6. The van der Waals surface area contributed by atoms with Crippen molar-refractivity contribution in [2.45, 2.75) is 45.4 Å². The third kappa shape index (κ3) is 14.2. The van der Waals surface area contributed by atoms with Gasteiger partial charge in [0.1, 0.15) is 32.7 Å². The number of rotatable bonds is 20. The van der Waals surface area contributed by atoms with Gasteiger partial charge in [0.2, 0.25) is 0 Å². The minimum atomic E-state index is -0.738. The number of aldehydes is 1. The van der Waals surface area contributed by atoms with Crippen LogP contribution in [0, 0.1) is 5.92 Å². The average Bonchev–Trinajstić information content (AvgIpc) is 3.39. The van der Waals surface area contributed by atoms with Crippen molar-refractivity contribution >= 4 is 30.2 Å². The Morgan fingerprint density at radius 1 is 0.554 bits per heavy atom. The van der Waals surface area contributed by atoms with E-state index in [0.29, 0.717) is 19.5 Å². The molecule has 1 heterocycles. The van der Waals surface area contributed by atoms with Crippen LogP contribution in [0.4, 0.5) is 0 Å². The number of carbonyl (C=O) groups is 5. The van der Waals surface area contributed by atoms with Gasteiger partial charge in [-0.25, -0.2) is 0 Å². The molecule has 294 valence electrons. The van der Waals surface area contributed by atoms with Gasteiger partial charge in [0.05, 0.1) is 32.3 Å². The molecule has 5 rings (SSSR count). The van der Waals surface area contributed by atoms with Crippen molar-refractivity contribution in [1.82, 2.24) is 14.7 Å². The van der Waals surface area contributed by atoms with E-state index in [2.05, 4.69) is 0 Å². The molecule has 0 aliphatic carbocycles. The van der Waals surface area contributed by atoms with Gasteiger partial charge in [0.25, 0.3) is 0 Å². The first kappa shape index (κ1) is 41.5. The molecule has 1 aliphatic heterocycles. The zero-order valence-corrected chi connectivity index (χ0v) is 31.5. The van der Waals surface area contributed by atoms with Crippen molar-refractivity contribution < 1.29 is 42.9 Å². The van der Waals surface area contributed by atoms with Crippen molar-refractivity contribution in [1.29, 1.82) is 0 Å². The molecule has 1 aliphatic rings. The fourth-order valence-corrected chi connectivity index (χ4v) is 6.64. The van der Waals surface area contributed by atoms with Crippen LogP contribution in [-0.4, -0.2) is 96.8 Å². The zero-order valence-electron chi connectivity index (χ0n) is 31.5. The fourth-order valence-electron chi connectivity index (χ4n) is 6.64. The molecule has 4 aromatic carbocycles. The number of ether oxygens (including phenoxy) is 4. The van der Waals surface area contributed by atoms with E-state index in [9.17, 15) is 24.0 Å². The molecule has 0 bridgehead atoms. The summed E-state index contributed by atoms with van der Waals surface area (Å²) in [4.78, 5) is 71.1. The Labute approximate surface area is 327 Å². The van der Waals surface area contributed by atoms with Gasteiger partial charge in [-0.2, -0.15) is 0 Å². The molecule has 1 saturated heterocycles. The van der Waals surface area contributed by atoms with Crippen molar-refractivity contribution in [3.8, 4) is 0 Å². The van der Waals surface area contributed by atoms with E-state index in [4.69, 9.17) is 18.9 Å². The first-order valence-corrected chi connectivity index (χ1v) is 18.8. The normalized spacial score (nSPS) is 16.0. The van der Waals surface area contributed by atoms with E-state index < -0.39 is 36.0 Å². The standard InChI is InChI=1S/C44H49N3O9/c48-25-13-22-39-26-45(27-40(49)53-31-35-14-5-1-6-15-35)23-24-46(28-41(50)54-32-36-16-7-2-8-17-36)44(39)47(29-42(51)55-33-37-18-9-3-10-19-37)30-43(52)56-34-38-20-11-4-12-21-38/h1-12,14-21,25,39,44H,13,22-24,26-34H2. The van der Waals surface area contributed by atoms with Gasteiger partial charge in [-0.05, 0) is 28.7 Å². The molecule has 1 fully saturated rings. The average molecular weight is 764 g/mol. The molecule has 0 N–H and O–H groups in total. The molecule has 56 heavy (non-hydrogen) atoms. The van der Waals surface area contributed by atoms with E-state index in [1.807, 2.05) is 131 Å². The van der Waals surface area contributed by atoms with E-state index in [1.165, 1.54) is 0 Å². The Kier molecular flexibility index (Phi) is 16.8. The van der Waals surface area contributed by atoms with Crippen LogP contribution in [0.5, 0.6) is 0 Å². The first-order chi connectivity index (χ1) is 27.4. The minimum absolute atomic E-state index is 0.0274. The predicted molar refractivity (Wildman–Crippen MR) is 207 cm³/mol. The third-order valence-electron chi connectivity index (χ3n) is 9.34. The van der Waals surface area contributed by atoms with Crippen molar-refractivity contribution in [2.75, 3.05) is 45.8 Å². The molecule has 0 radical (unpaired) electrons. The molecule has 0 saturated carbocycles.